The monoisotopic (exact) mass is 250 g/mol. The standard InChI is InChI=1S/C9H7BrN4/c10-7-3-1-2-6(4-7)8-12-5-13-9(11)14-8/h1-5H,(H2,11,12,13,14). The van der Waals surface area contributed by atoms with Crippen molar-refractivity contribution in [3.63, 3.8) is 0 Å². The van der Waals surface area contributed by atoms with Crippen LogP contribution in [0.2, 0.25) is 0 Å². The fourth-order valence-corrected chi connectivity index (χ4v) is 1.47. The molecule has 0 unspecified atom stereocenters. The Balaban J connectivity index is 2.49. The highest BCUT2D eigenvalue weighted by atomic mass is 79.9. The number of anilines is 1. The number of nitrogens with zero attached hydrogens (tertiary/aromatic N) is 3. The summed E-state index contributed by atoms with van der Waals surface area (Å²) in [6, 6.07) is 7.70. The third kappa shape index (κ3) is 1.88. The van der Waals surface area contributed by atoms with Crippen molar-refractivity contribution in [3.8, 4) is 11.4 Å². The maximum Gasteiger partial charge on any atom is 0.223 e. The van der Waals surface area contributed by atoms with Gasteiger partial charge in [0.05, 0.1) is 0 Å². The molecule has 1 heterocycles. The number of hydrogen-bond acceptors (Lipinski definition) is 4. The molecular formula is C9H7BrN4. The number of hydrogen-bond donors (Lipinski definition) is 1. The third-order valence-corrected chi connectivity index (χ3v) is 2.17. The molecule has 2 N–H and O–H groups in total. The van der Waals surface area contributed by atoms with E-state index in [1.807, 2.05) is 24.3 Å². The second-order valence-electron chi connectivity index (χ2n) is 2.68. The van der Waals surface area contributed by atoms with Crippen LogP contribution in [0.5, 0.6) is 0 Å². The van der Waals surface area contributed by atoms with E-state index in [0.29, 0.717) is 5.82 Å². The molecule has 70 valence electrons. The van der Waals surface area contributed by atoms with Crippen LogP contribution in [0.4, 0.5) is 5.95 Å². The normalized spacial score (nSPS) is 10.1. The lowest BCUT2D eigenvalue weighted by molar-refractivity contribution is 1.07. The van der Waals surface area contributed by atoms with Gasteiger partial charge in [-0.05, 0) is 12.1 Å². The molecule has 0 bridgehead atoms. The summed E-state index contributed by atoms with van der Waals surface area (Å²) >= 11 is 3.38. The SMILES string of the molecule is Nc1ncnc(-c2cccc(Br)c2)n1. The smallest absolute Gasteiger partial charge is 0.223 e. The first-order chi connectivity index (χ1) is 6.75. The van der Waals surface area contributed by atoms with Crippen molar-refractivity contribution in [3.05, 3.63) is 35.1 Å². The Kier molecular flexibility index (Phi) is 2.41. The minimum Gasteiger partial charge on any atom is -0.368 e. The number of aromatic nitrogens is 3. The van der Waals surface area contributed by atoms with Crippen molar-refractivity contribution in [2.75, 3.05) is 5.73 Å². The Morgan fingerprint density at radius 2 is 2.07 bits per heavy atom. The van der Waals surface area contributed by atoms with E-state index in [1.54, 1.807) is 0 Å². The molecule has 0 saturated carbocycles. The second kappa shape index (κ2) is 3.71. The van der Waals surface area contributed by atoms with Gasteiger partial charge in [-0.3, -0.25) is 0 Å². The number of benzene rings is 1. The summed E-state index contributed by atoms with van der Waals surface area (Å²) in [5.41, 5.74) is 6.37. The van der Waals surface area contributed by atoms with Gasteiger partial charge in [0.2, 0.25) is 5.95 Å². The van der Waals surface area contributed by atoms with Crippen LogP contribution < -0.4 is 5.73 Å². The fourth-order valence-electron chi connectivity index (χ4n) is 1.08. The molecule has 0 atom stereocenters. The van der Waals surface area contributed by atoms with Crippen molar-refractivity contribution in [2.45, 2.75) is 0 Å². The van der Waals surface area contributed by atoms with Crippen LogP contribution >= 0.6 is 15.9 Å². The molecule has 0 saturated heterocycles. The summed E-state index contributed by atoms with van der Waals surface area (Å²) in [5.74, 6) is 0.814. The Hall–Kier alpha value is -1.49. The van der Waals surface area contributed by atoms with E-state index in [2.05, 4.69) is 30.9 Å². The van der Waals surface area contributed by atoms with E-state index in [-0.39, 0.29) is 5.95 Å². The van der Waals surface area contributed by atoms with E-state index in [0.717, 1.165) is 10.0 Å². The van der Waals surface area contributed by atoms with Gasteiger partial charge in [-0.2, -0.15) is 4.98 Å². The predicted octanol–water partition coefficient (Wildman–Crippen LogP) is 1.88. The van der Waals surface area contributed by atoms with Gasteiger partial charge in [0.15, 0.2) is 5.82 Å². The summed E-state index contributed by atoms with van der Waals surface area (Å²) in [7, 11) is 0. The average Bonchev–Trinajstić information content (AvgIpc) is 2.18. The molecule has 0 amide bonds. The zero-order valence-corrected chi connectivity index (χ0v) is 8.77. The van der Waals surface area contributed by atoms with Crippen LogP contribution in [0.1, 0.15) is 0 Å². The fraction of sp³-hybridized carbons (Fsp3) is 0. The molecule has 0 radical (unpaired) electrons. The van der Waals surface area contributed by atoms with Crippen LogP contribution in [-0.4, -0.2) is 15.0 Å². The first kappa shape index (κ1) is 9.08. The van der Waals surface area contributed by atoms with Crippen LogP contribution in [-0.2, 0) is 0 Å². The van der Waals surface area contributed by atoms with Crippen molar-refractivity contribution >= 4 is 21.9 Å². The Labute approximate surface area is 89.4 Å². The largest absolute Gasteiger partial charge is 0.368 e. The first-order valence-electron chi connectivity index (χ1n) is 3.96. The number of nitrogens with two attached hydrogens (primary N) is 1. The van der Waals surface area contributed by atoms with Crippen molar-refractivity contribution in [1.82, 2.24) is 15.0 Å². The molecule has 2 rings (SSSR count). The van der Waals surface area contributed by atoms with Gasteiger partial charge >= 0.3 is 0 Å². The van der Waals surface area contributed by atoms with E-state index < -0.39 is 0 Å². The van der Waals surface area contributed by atoms with E-state index in [1.165, 1.54) is 6.33 Å². The summed E-state index contributed by atoms with van der Waals surface area (Å²) in [6.45, 7) is 0. The van der Waals surface area contributed by atoms with Crippen molar-refractivity contribution < 1.29 is 0 Å². The zero-order valence-electron chi connectivity index (χ0n) is 7.18. The lowest BCUT2D eigenvalue weighted by Crippen LogP contribution is -1.97. The van der Waals surface area contributed by atoms with Gasteiger partial charge in [-0.1, -0.05) is 28.1 Å². The molecule has 14 heavy (non-hydrogen) atoms. The summed E-state index contributed by atoms with van der Waals surface area (Å²) in [5, 5.41) is 0. The van der Waals surface area contributed by atoms with Crippen molar-refractivity contribution in [1.29, 1.82) is 0 Å². The first-order valence-corrected chi connectivity index (χ1v) is 4.75. The minimum atomic E-state index is 0.231. The van der Waals surface area contributed by atoms with Crippen LogP contribution in [0.3, 0.4) is 0 Å². The van der Waals surface area contributed by atoms with E-state index in [4.69, 9.17) is 5.73 Å². The molecule has 1 aromatic heterocycles. The molecule has 2 aromatic rings. The maximum atomic E-state index is 5.46. The van der Waals surface area contributed by atoms with E-state index in [9.17, 15) is 0 Å². The number of nitrogen functional groups attached to an aromatic ring is 1. The average molecular weight is 251 g/mol. The van der Waals surface area contributed by atoms with Crippen LogP contribution in [0.15, 0.2) is 35.1 Å². The molecule has 5 heteroatoms. The van der Waals surface area contributed by atoms with Gasteiger partial charge in [0.1, 0.15) is 6.33 Å². The molecule has 1 aromatic carbocycles. The lowest BCUT2D eigenvalue weighted by Gasteiger charge is -1.99. The summed E-state index contributed by atoms with van der Waals surface area (Å²) < 4.78 is 0.981. The molecule has 0 aliphatic heterocycles. The Morgan fingerprint density at radius 3 is 2.79 bits per heavy atom. The third-order valence-electron chi connectivity index (χ3n) is 1.67. The lowest BCUT2D eigenvalue weighted by atomic mass is 10.2. The predicted molar refractivity (Wildman–Crippen MR) is 57.4 cm³/mol. The Morgan fingerprint density at radius 1 is 1.21 bits per heavy atom. The highest BCUT2D eigenvalue weighted by molar-refractivity contribution is 9.10. The molecule has 0 fully saturated rings. The second-order valence-corrected chi connectivity index (χ2v) is 3.59. The minimum absolute atomic E-state index is 0.231. The van der Waals surface area contributed by atoms with Gasteiger partial charge < -0.3 is 5.73 Å². The number of rotatable bonds is 1. The maximum absolute atomic E-state index is 5.46. The summed E-state index contributed by atoms with van der Waals surface area (Å²) in [4.78, 5) is 11.8. The topological polar surface area (TPSA) is 64.7 Å². The quantitative estimate of drug-likeness (QED) is 0.840. The van der Waals surface area contributed by atoms with Gasteiger partial charge in [-0.25, -0.2) is 9.97 Å². The van der Waals surface area contributed by atoms with Gasteiger partial charge in [-0.15, -0.1) is 0 Å². The van der Waals surface area contributed by atoms with Gasteiger partial charge in [0, 0.05) is 10.0 Å². The van der Waals surface area contributed by atoms with Gasteiger partial charge in [0.25, 0.3) is 0 Å². The van der Waals surface area contributed by atoms with Crippen molar-refractivity contribution in [2.24, 2.45) is 0 Å². The van der Waals surface area contributed by atoms with E-state index >= 15 is 0 Å². The number of halogens is 1. The molecule has 0 aliphatic carbocycles. The molecule has 4 nitrogen and oxygen atoms in total. The zero-order chi connectivity index (χ0) is 9.97. The molecular weight excluding hydrogens is 244 g/mol. The molecule has 0 aliphatic rings. The highest BCUT2D eigenvalue weighted by Crippen LogP contribution is 2.19. The Bertz CT molecular complexity index is 415. The van der Waals surface area contributed by atoms with Crippen LogP contribution in [0, 0.1) is 0 Å². The summed E-state index contributed by atoms with van der Waals surface area (Å²) in [6.07, 6.45) is 1.40. The highest BCUT2D eigenvalue weighted by Gasteiger charge is 2.01. The molecule has 0 spiro atoms. The van der Waals surface area contributed by atoms with Crippen LogP contribution in [0.25, 0.3) is 11.4 Å².